The maximum absolute atomic E-state index is 13.1. The maximum atomic E-state index is 13.1. The molecule has 2 aromatic rings. The van der Waals surface area contributed by atoms with E-state index in [2.05, 4.69) is 5.32 Å². The Kier molecular flexibility index (Phi) is 5.56. The van der Waals surface area contributed by atoms with Crippen molar-refractivity contribution >= 4 is 27.3 Å². The van der Waals surface area contributed by atoms with Crippen molar-refractivity contribution in [1.82, 2.24) is 0 Å². The minimum atomic E-state index is -3.36. The van der Waals surface area contributed by atoms with Crippen LogP contribution < -0.4 is 9.62 Å². The van der Waals surface area contributed by atoms with Crippen molar-refractivity contribution in [2.45, 2.75) is 13.8 Å². The zero-order chi connectivity index (χ0) is 17.7. The van der Waals surface area contributed by atoms with Crippen molar-refractivity contribution in [3.05, 3.63) is 59.9 Å². The molecule has 1 amide bonds. The topological polar surface area (TPSA) is 66.5 Å². The van der Waals surface area contributed by atoms with Gasteiger partial charge in [0.2, 0.25) is 10.0 Å². The fourth-order valence-corrected chi connectivity index (χ4v) is 3.39. The third-order valence-electron chi connectivity index (χ3n) is 3.49. The Balaban J connectivity index is 2.18. The van der Waals surface area contributed by atoms with E-state index < -0.39 is 21.7 Å². The van der Waals surface area contributed by atoms with Crippen LogP contribution in [-0.4, -0.2) is 26.6 Å². The Morgan fingerprint density at radius 1 is 1.12 bits per heavy atom. The lowest BCUT2D eigenvalue weighted by atomic mass is 10.2. The van der Waals surface area contributed by atoms with Gasteiger partial charge in [0.1, 0.15) is 5.82 Å². The highest BCUT2D eigenvalue weighted by Gasteiger charge is 2.19. The fraction of sp³-hybridized carbons (Fsp3) is 0.235. The van der Waals surface area contributed by atoms with Crippen molar-refractivity contribution < 1.29 is 17.6 Å². The van der Waals surface area contributed by atoms with E-state index in [1.165, 1.54) is 34.6 Å². The molecule has 7 heteroatoms. The summed E-state index contributed by atoms with van der Waals surface area (Å²) in [7, 11) is -3.36. The van der Waals surface area contributed by atoms with Gasteiger partial charge in [-0.15, -0.1) is 0 Å². The molecule has 24 heavy (non-hydrogen) atoms. The molecule has 2 rings (SSSR count). The number of hydrogen-bond donors (Lipinski definition) is 1. The summed E-state index contributed by atoms with van der Waals surface area (Å²) < 4.78 is 38.5. The van der Waals surface area contributed by atoms with Crippen molar-refractivity contribution in [3.63, 3.8) is 0 Å². The number of nitrogens with one attached hydrogen (secondary N) is 1. The molecule has 0 aliphatic carbocycles. The van der Waals surface area contributed by atoms with E-state index in [0.717, 1.165) is 0 Å². The molecule has 2 aromatic carbocycles. The Hall–Kier alpha value is -2.41. The molecule has 0 saturated carbocycles. The molecule has 0 radical (unpaired) electrons. The van der Waals surface area contributed by atoms with E-state index in [1.54, 1.807) is 32.0 Å². The Labute approximate surface area is 141 Å². The molecule has 0 bridgehead atoms. The van der Waals surface area contributed by atoms with E-state index in [1.807, 2.05) is 0 Å². The molecule has 0 aliphatic heterocycles. The quantitative estimate of drug-likeness (QED) is 0.870. The van der Waals surface area contributed by atoms with Gasteiger partial charge in [0.15, 0.2) is 0 Å². The van der Waals surface area contributed by atoms with Gasteiger partial charge in [-0.3, -0.25) is 9.10 Å². The molecule has 0 atom stereocenters. The lowest BCUT2D eigenvalue weighted by molar-refractivity contribution is 0.102. The summed E-state index contributed by atoms with van der Waals surface area (Å²) in [4.78, 5) is 12.2. The standard InChI is InChI=1S/C17H19FN2O3S/c1-3-20(24(22,23)4-2)16-10-8-13(9-11-16)17(21)19-15-7-5-6-14(18)12-15/h5-12H,3-4H2,1-2H3,(H,19,21). The Morgan fingerprint density at radius 2 is 1.79 bits per heavy atom. The van der Waals surface area contributed by atoms with Gasteiger partial charge in [-0.05, 0) is 56.3 Å². The summed E-state index contributed by atoms with van der Waals surface area (Å²) in [6.07, 6.45) is 0. The van der Waals surface area contributed by atoms with E-state index >= 15 is 0 Å². The third-order valence-corrected chi connectivity index (χ3v) is 5.36. The number of benzene rings is 2. The van der Waals surface area contributed by atoms with Crippen molar-refractivity contribution in [2.75, 3.05) is 21.9 Å². The first-order chi connectivity index (χ1) is 11.4. The SMILES string of the molecule is CCN(c1ccc(C(=O)Nc2cccc(F)c2)cc1)S(=O)(=O)CC. The maximum Gasteiger partial charge on any atom is 0.255 e. The molecule has 1 N–H and O–H groups in total. The minimum Gasteiger partial charge on any atom is -0.322 e. The van der Waals surface area contributed by atoms with Crippen LogP contribution in [-0.2, 0) is 10.0 Å². The highest BCUT2D eigenvalue weighted by molar-refractivity contribution is 7.92. The second-order valence-corrected chi connectivity index (χ2v) is 7.26. The Morgan fingerprint density at radius 3 is 2.33 bits per heavy atom. The van der Waals surface area contributed by atoms with Crippen LogP contribution in [0.25, 0.3) is 0 Å². The van der Waals surface area contributed by atoms with Gasteiger partial charge in [0, 0.05) is 17.8 Å². The largest absolute Gasteiger partial charge is 0.322 e. The number of anilines is 2. The van der Waals surface area contributed by atoms with Gasteiger partial charge < -0.3 is 5.32 Å². The second-order valence-electron chi connectivity index (χ2n) is 5.08. The first kappa shape index (κ1) is 17.9. The van der Waals surface area contributed by atoms with Crippen LogP contribution in [0.1, 0.15) is 24.2 Å². The van der Waals surface area contributed by atoms with Crippen molar-refractivity contribution in [3.8, 4) is 0 Å². The number of carbonyl (C=O) groups is 1. The minimum absolute atomic E-state index is 0.00263. The number of hydrogen-bond acceptors (Lipinski definition) is 3. The summed E-state index contributed by atoms with van der Waals surface area (Å²) in [6, 6.07) is 11.8. The van der Waals surface area contributed by atoms with Crippen LogP contribution in [0.3, 0.4) is 0 Å². The Bertz CT molecular complexity index is 820. The lowest BCUT2D eigenvalue weighted by Crippen LogP contribution is -2.32. The van der Waals surface area contributed by atoms with Crippen LogP contribution in [0.4, 0.5) is 15.8 Å². The number of nitrogens with zero attached hydrogens (tertiary/aromatic N) is 1. The summed E-state index contributed by atoms with van der Waals surface area (Å²) in [6.45, 7) is 3.64. The van der Waals surface area contributed by atoms with Crippen LogP contribution >= 0.6 is 0 Å². The predicted molar refractivity (Wildman–Crippen MR) is 93.3 cm³/mol. The molecule has 5 nitrogen and oxygen atoms in total. The first-order valence-corrected chi connectivity index (χ1v) is 9.15. The highest BCUT2D eigenvalue weighted by atomic mass is 32.2. The van der Waals surface area contributed by atoms with Crippen molar-refractivity contribution in [1.29, 1.82) is 0 Å². The van der Waals surface area contributed by atoms with Gasteiger partial charge in [0.25, 0.3) is 5.91 Å². The number of amides is 1. The number of carbonyl (C=O) groups excluding carboxylic acids is 1. The smallest absolute Gasteiger partial charge is 0.255 e. The van der Waals surface area contributed by atoms with Gasteiger partial charge in [-0.25, -0.2) is 12.8 Å². The van der Waals surface area contributed by atoms with Crippen LogP contribution in [0.15, 0.2) is 48.5 Å². The number of sulfonamides is 1. The lowest BCUT2D eigenvalue weighted by Gasteiger charge is -2.22. The third kappa shape index (κ3) is 4.11. The summed E-state index contributed by atoms with van der Waals surface area (Å²) in [5.74, 6) is -0.831. The number of rotatable bonds is 6. The summed E-state index contributed by atoms with van der Waals surface area (Å²) in [5, 5.41) is 2.59. The van der Waals surface area contributed by atoms with Crippen molar-refractivity contribution in [2.24, 2.45) is 0 Å². The molecule has 0 aliphatic rings. The van der Waals surface area contributed by atoms with Gasteiger partial charge in [-0.1, -0.05) is 6.07 Å². The van der Waals surface area contributed by atoms with E-state index in [-0.39, 0.29) is 5.75 Å². The number of halogens is 1. The molecule has 0 fully saturated rings. The van der Waals surface area contributed by atoms with E-state index in [4.69, 9.17) is 0 Å². The van der Waals surface area contributed by atoms with Gasteiger partial charge in [0.05, 0.1) is 11.4 Å². The molecule has 0 saturated heterocycles. The van der Waals surface area contributed by atoms with E-state index in [0.29, 0.717) is 23.5 Å². The zero-order valence-electron chi connectivity index (χ0n) is 13.5. The highest BCUT2D eigenvalue weighted by Crippen LogP contribution is 2.20. The molecule has 0 unspecified atom stereocenters. The van der Waals surface area contributed by atoms with Gasteiger partial charge >= 0.3 is 0 Å². The van der Waals surface area contributed by atoms with Gasteiger partial charge in [-0.2, -0.15) is 0 Å². The zero-order valence-corrected chi connectivity index (χ0v) is 14.3. The first-order valence-electron chi connectivity index (χ1n) is 7.54. The normalized spacial score (nSPS) is 11.1. The van der Waals surface area contributed by atoms with E-state index in [9.17, 15) is 17.6 Å². The molecule has 128 valence electrons. The fourth-order valence-electron chi connectivity index (χ4n) is 2.24. The summed E-state index contributed by atoms with van der Waals surface area (Å²) in [5.41, 5.74) is 1.21. The molecule has 0 aromatic heterocycles. The molecular weight excluding hydrogens is 331 g/mol. The van der Waals surface area contributed by atoms with Crippen LogP contribution in [0.2, 0.25) is 0 Å². The summed E-state index contributed by atoms with van der Waals surface area (Å²) >= 11 is 0. The van der Waals surface area contributed by atoms with Crippen LogP contribution in [0, 0.1) is 5.82 Å². The molecular formula is C17H19FN2O3S. The monoisotopic (exact) mass is 350 g/mol. The molecule has 0 heterocycles. The molecule has 0 spiro atoms. The average Bonchev–Trinajstić information content (AvgIpc) is 2.56. The average molecular weight is 350 g/mol. The predicted octanol–water partition coefficient (Wildman–Crippen LogP) is 3.25. The van der Waals surface area contributed by atoms with Crippen LogP contribution in [0.5, 0.6) is 0 Å². The second kappa shape index (κ2) is 7.44.